The van der Waals surface area contributed by atoms with E-state index in [4.69, 9.17) is 5.73 Å². The van der Waals surface area contributed by atoms with Crippen molar-refractivity contribution in [3.8, 4) is 0 Å². The van der Waals surface area contributed by atoms with E-state index >= 15 is 0 Å². The monoisotopic (exact) mass is 183 g/mol. The van der Waals surface area contributed by atoms with Crippen LogP contribution in [0.1, 0.15) is 5.69 Å². The zero-order chi connectivity index (χ0) is 8.72. The maximum atomic E-state index is 13.0. The third-order valence-electron chi connectivity index (χ3n) is 1.57. The molecule has 12 heavy (non-hydrogen) atoms. The average molecular weight is 183 g/mol. The summed E-state index contributed by atoms with van der Waals surface area (Å²) >= 11 is 1.14. The van der Waals surface area contributed by atoms with Gasteiger partial charge in [-0.25, -0.2) is 9.37 Å². The number of nitrogen functional groups attached to an aromatic ring is 1. The van der Waals surface area contributed by atoms with Crippen molar-refractivity contribution in [2.24, 2.45) is 0 Å². The van der Waals surface area contributed by atoms with Crippen molar-refractivity contribution in [3.05, 3.63) is 17.7 Å². The molecule has 2 aromatic heterocycles. The fourth-order valence-electron chi connectivity index (χ4n) is 1.02. The maximum Gasteiger partial charge on any atom is 0.181 e. The molecular weight excluding hydrogens is 177 g/mol. The maximum absolute atomic E-state index is 13.0. The van der Waals surface area contributed by atoms with E-state index in [1.807, 2.05) is 0 Å². The summed E-state index contributed by atoms with van der Waals surface area (Å²) in [4.78, 5) is 7.80. The standard InChI is InChI=1S/C7H6FN3S/c1-3-5-6(4(8)2-10-3)12-7(9)11-5/h2H,1H3,(H2,9,11). The smallest absolute Gasteiger partial charge is 0.181 e. The van der Waals surface area contributed by atoms with Crippen molar-refractivity contribution in [1.29, 1.82) is 0 Å². The molecule has 3 nitrogen and oxygen atoms in total. The highest BCUT2D eigenvalue weighted by atomic mass is 32.1. The van der Waals surface area contributed by atoms with Crippen molar-refractivity contribution in [3.63, 3.8) is 0 Å². The van der Waals surface area contributed by atoms with Gasteiger partial charge in [0.05, 0.1) is 16.6 Å². The number of hydrogen-bond acceptors (Lipinski definition) is 4. The number of rotatable bonds is 0. The molecule has 0 atom stereocenters. The van der Waals surface area contributed by atoms with Gasteiger partial charge in [-0.2, -0.15) is 0 Å². The van der Waals surface area contributed by atoms with Crippen LogP contribution in [0.2, 0.25) is 0 Å². The summed E-state index contributed by atoms with van der Waals surface area (Å²) in [7, 11) is 0. The largest absolute Gasteiger partial charge is 0.375 e. The van der Waals surface area contributed by atoms with Gasteiger partial charge in [-0.3, -0.25) is 4.98 Å². The average Bonchev–Trinajstić information content (AvgIpc) is 2.41. The van der Waals surface area contributed by atoms with E-state index in [0.29, 0.717) is 21.0 Å². The van der Waals surface area contributed by atoms with Gasteiger partial charge >= 0.3 is 0 Å². The number of aromatic nitrogens is 2. The van der Waals surface area contributed by atoms with Crippen LogP contribution in [0.3, 0.4) is 0 Å². The lowest BCUT2D eigenvalue weighted by molar-refractivity contribution is 0.635. The molecule has 0 bridgehead atoms. The third kappa shape index (κ3) is 0.937. The van der Waals surface area contributed by atoms with Crippen LogP contribution < -0.4 is 5.73 Å². The number of hydrogen-bond donors (Lipinski definition) is 1. The fourth-order valence-corrected chi connectivity index (χ4v) is 1.80. The molecule has 0 aliphatic rings. The highest BCUT2D eigenvalue weighted by Gasteiger charge is 2.08. The summed E-state index contributed by atoms with van der Waals surface area (Å²) in [5, 5.41) is 0.375. The first kappa shape index (κ1) is 7.42. The van der Waals surface area contributed by atoms with Crippen LogP contribution >= 0.6 is 11.3 Å². The lowest BCUT2D eigenvalue weighted by Gasteiger charge is -1.92. The summed E-state index contributed by atoms with van der Waals surface area (Å²) in [6, 6.07) is 0. The van der Waals surface area contributed by atoms with Gasteiger partial charge in [-0.15, -0.1) is 0 Å². The highest BCUT2D eigenvalue weighted by molar-refractivity contribution is 7.22. The molecule has 2 N–H and O–H groups in total. The van der Waals surface area contributed by atoms with E-state index in [2.05, 4.69) is 9.97 Å². The molecule has 0 fully saturated rings. The molecule has 2 aromatic rings. The lowest BCUT2D eigenvalue weighted by atomic mass is 10.3. The molecule has 0 saturated carbocycles. The molecule has 5 heteroatoms. The SMILES string of the molecule is Cc1ncc(F)c2sc(N)nc12. The predicted molar refractivity (Wildman–Crippen MR) is 46.5 cm³/mol. The Bertz CT molecular complexity index is 398. The molecule has 0 aliphatic heterocycles. The number of halogens is 1. The summed E-state index contributed by atoms with van der Waals surface area (Å²) < 4.78 is 13.5. The Balaban J connectivity index is 2.93. The molecular formula is C7H6FN3S. The predicted octanol–water partition coefficient (Wildman–Crippen LogP) is 1.72. The topological polar surface area (TPSA) is 51.8 Å². The van der Waals surface area contributed by atoms with Crippen LogP contribution in [0.4, 0.5) is 9.52 Å². The fraction of sp³-hybridized carbons (Fsp3) is 0.143. The molecule has 0 aromatic carbocycles. The first-order chi connectivity index (χ1) is 5.68. The van der Waals surface area contributed by atoms with Gasteiger partial charge in [0.15, 0.2) is 10.9 Å². The normalized spacial score (nSPS) is 10.8. The molecule has 2 rings (SSSR count). The third-order valence-corrected chi connectivity index (χ3v) is 2.47. The summed E-state index contributed by atoms with van der Waals surface area (Å²) in [6.45, 7) is 1.78. The van der Waals surface area contributed by atoms with Gasteiger partial charge in [0.25, 0.3) is 0 Å². The Labute approximate surface area is 72.1 Å². The summed E-state index contributed by atoms with van der Waals surface area (Å²) in [5.74, 6) is -0.357. The summed E-state index contributed by atoms with van der Waals surface area (Å²) in [5.41, 5.74) is 6.72. The number of pyridine rings is 1. The Kier molecular flexibility index (Phi) is 1.47. The Hall–Kier alpha value is -1.23. The first-order valence-electron chi connectivity index (χ1n) is 3.35. The van der Waals surface area contributed by atoms with Crippen LogP contribution in [0, 0.1) is 12.7 Å². The quantitative estimate of drug-likeness (QED) is 0.676. The number of anilines is 1. The van der Waals surface area contributed by atoms with Crippen LogP contribution in [0.5, 0.6) is 0 Å². The lowest BCUT2D eigenvalue weighted by Crippen LogP contribution is -1.86. The van der Waals surface area contributed by atoms with Crippen LogP contribution in [0.15, 0.2) is 6.20 Å². The molecule has 0 spiro atoms. The molecule has 0 aliphatic carbocycles. The van der Waals surface area contributed by atoms with E-state index in [9.17, 15) is 4.39 Å². The van der Waals surface area contributed by atoms with Crippen LogP contribution in [-0.2, 0) is 0 Å². The Morgan fingerprint density at radius 2 is 2.33 bits per heavy atom. The molecule has 0 saturated heterocycles. The molecule has 2 heterocycles. The summed E-state index contributed by atoms with van der Waals surface area (Å²) in [6.07, 6.45) is 1.19. The van der Waals surface area contributed by atoms with Crippen molar-refractivity contribution in [2.45, 2.75) is 6.92 Å². The second kappa shape index (κ2) is 2.38. The number of fused-ring (bicyclic) bond motifs is 1. The van der Waals surface area contributed by atoms with Crippen LogP contribution in [-0.4, -0.2) is 9.97 Å². The first-order valence-corrected chi connectivity index (χ1v) is 4.17. The van der Waals surface area contributed by atoms with E-state index in [-0.39, 0.29) is 5.82 Å². The zero-order valence-corrected chi connectivity index (χ0v) is 7.15. The molecule has 0 unspecified atom stereocenters. The van der Waals surface area contributed by atoms with Crippen LogP contribution in [0.25, 0.3) is 10.2 Å². The minimum Gasteiger partial charge on any atom is -0.375 e. The Morgan fingerprint density at radius 3 is 3.00 bits per heavy atom. The highest BCUT2D eigenvalue weighted by Crippen LogP contribution is 2.26. The molecule has 0 amide bonds. The van der Waals surface area contributed by atoms with E-state index in [1.54, 1.807) is 6.92 Å². The van der Waals surface area contributed by atoms with Gasteiger partial charge < -0.3 is 5.73 Å². The number of nitrogens with two attached hydrogens (primary N) is 1. The van der Waals surface area contributed by atoms with E-state index < -0.39 is 0 Å². The van der Waals surface area contributed by atoms with Crippen molar-refractivity contribution in [2.75, 3.05) is 5.73 Å². The number of aryl methyl sites for hydroxylation is 1. The van der Waals surface area contributed by atoms with Gasteiger partial charge in [-0.05, 0) is 6.92 Å². The van der Waals surface area contributed by atoms with Gasteiger partial charge in [0.2, 0.25) is 0 Å². The van der Waals surface area contributed by atoms with Gasteiger partial charge in [-0.1, -0.05) is 11.3 Å². The second-order valence-electron chi connectivity index (χ2n) is 2.42. The van der Waals surface area contributed by atoms with Crippen molar-refractivity contribution < 1.29 is 4.39 Å². The van der Waals surface area contributed by atoms with E-state index in [1.165, 1.54) is 6.20 Å². The zero-order valence-electron chi connectivity index (χ0n) is 6.34. The second-order valence-corrected chi connectivity index (χ2v) is 3.45. The van der Waals surface area contributed by atoms with Gasteiger partial charge in [0.1, 0.15) is 5.52 Å². The number of nitrogens with zero attached hydrogens (tertiary/aromatic N) is 2. The van der Waals surface area contributed by atoms with Crippen molar-refractivity contribution >= 4 is 26.7 Å². The molecule has 0 radical (unpaired) electrons. The minimum atomic E-state index is -0.357. The Morgan fingerprint density at radius 1 is 1.58 bits per heavy atom. The van der Waals surface area contributed by atoms with E-state index in [0.717, 1.165) is 11.3 Å². The number of thiazole rings is 1. The van der Waals surface area contributed by atoms with Crippen molar-refractivity contribution in [1.82, 2.24) is 9.97 Å². The van der Waals surface area contributed by atoms with Gasteiger partial charge in [0, 0.05) is 0 Å². The molecule has 62 valence electrons. The minimum absolute atomic E-state index is 0.357.